The van der Waals surface area contributed by atoms with Gasteiger partial charge in [-0.3, -0.25) is 4.79 Å². The summed E-state index contributed by atoms with van der Waals surface area (Å²) in [4.78, 5) is 11.6. The molecule has 3 atom stereocenters. The van der Waals surface area contributed by atoms with E-state index in [1.54, 1.807) is 0 Å². The number of rotatable bonds is 5. The molecule has 0 saturated heterocycles. The largest absolute Gasteiger partial charge is 0.382 e. The van der Waals surface area contributed by atoms with Crippen LogP contribution in [-0.4, -0.2) is 18.5 Å². The first kappa shape index (κ1) is 15.9. The molecule has 1 aliphatic rings. The van der Waals surface area contributed by atoms with Crippen LogP contribution in [0.25, 0.3) is 0 Å². The minimum Gasteiger partial charge on any atom is -0.382 e. The van der Waals surface area contributed by atoms with Gasteiger partial charge in [0.2, 0.25) is 5.91 Å². The lowest BCUT2D eigenvalue weighted by Crippen LogP contribution is -2.30. The summed E-state index contributed by atoms with van der Waals surface area (Å²) in [5.41, 5.74) is 2.23. The van der Waals surface area contributed by atoms with Crippen LogP contribution in [0.4, 0.5) is 5.69 Å². The van der Waals surface area contributed by atoms with Gasteiger partial charge in [0.1, 0.15) is 0 Å². The molecule has 2 N–H and O–H groups in total. The summed E-state index contributed by atoms with van der Waals surface area (Å²) in [6.07, 6.45) is 4.29. The SMILES string of the molecule is CCNC(=O)Cc1ccc(NC2CCC(C)C(C)C2)cc1. The molecule has 116 valence electrons. The summed E-state index contributed by atoms with van der Waals surface area (Å²) in [5.74, 6) is 1.74. The molecule has 0 spiro atoms. The van der Waals surface area contributed by atoms with E-state index in [2.05, 4.69) is 36.6 Å². The van der Waals surface area contributed by atoms with Gasteiger partial charge >= 0.3 is 0 Å². The van der Waals surface area contributed by atoms with Crippen molar-refractivity contribution in [2.75, 3.05) is 11.9 Å². The van der Waals surface area contributed by atoms with Crippen molar-refractivity contribution in [3.63, 3.8) is 0 Å². The van der Waals surface area contributed by atoms with Gasteiger partial charge in [0.15, 0.2) is 0 Å². The molecule has 1 amide bonds. The lowest BCUT2D eigenvalue weighted by molar-refractivity contribution is -0.120. The Morgan fingerprint density at radius 1 is 1.14 bits per heavy atom. The Hall–Kier alpha value is -1.51. The minimum atomic E-state index is 0.0910. The number of benzene rings is 1. The van der Waals surface area contributed by atoms with Crippen LogP contribution in [0, 0.1) is 11.8 Å². The molecule has 1 aromatic rings. The number of hydrogen-bond donors (Lipinski definition) is 2. The van der Waals surface area contributed by atoms with Crippen LogP contribution < -0.4 is 10.6 Å². The fourth-order valence-electron chi connectivity index (χ4n) is 3.08. The summed E-state index contributed by atoms with van der Waals surface area (Å²) in [6, 6.07) is 8.87. The molecular weight excluding hydrogens is 260 g/mol. The molecular formula is C18H28N2O. The molecule has 0 aliphatic heterocycles. The lowest BCUT2D eigenvalue weighted by Gasteiger charge is -2.33. The molecule has 0 radical (unpaired) electrons. The summed E-state index contributed by atoms with van der Waals surface area (Å²) in [5, 5.41) is 6.47. The summed E-state index contributed by atoms with van der Waals surface area (Å²) < 4.78 is 0. The highest BCUT2D eigenvalue weighted by molar-refractivity contribution is 5.78. The maximum atomic E-state index is 11.6. The van der Waals surface area contributed by atoms with Crippen LogP contribution in [0.15, 0.2) is 24.3 Å². The number of carbonyl (C=O) groups is 1. The second-order valence-corrected chi connectivity index (χ2v) is 6.44. The third-order valence-electron chi connectivity index (χ3n) is 4.66. The van der Waals surface area contributed by atoms with Gasteiger partial charge < -0.3 is 10.6 Å². The number of anilines is 1. The van der Waals surface area contributed by atoms with Gasteiger partial charge in [-0.2, -0.15) is 0 Å². The zero-order valence-corrected chi connectivity index (χ0v) is 13.5. The van der Waals surface area contributed by atoms with Crippen LogP contribution in [0.2, 0.25) is 0 Å². The van der Waals surface area contributed by atoms with Gasteiger partial charge in [0.05, 0.1) is 6.42 Å². The number of likely N-dealkylation sites (N-methyl/N-ethyl adjacent to an activating group) is 1. The Morgan fingerprint density at radius 2 is 1.86 bits per heavy atom. The van der Waals surface area contributed by atoms with E-state index in [0.717, 1.165) is 17.4 Å². The first-order chi connectivity index (χ1) is 10.1. The Morgan fingerprint density at radius 3 is 2.48 bits per heavy atom. The standard InChI is InChI=1S/C18H28N2O/c1-4-19-18(21)12-15-6-9-16(10-7-15)20-17-8-5-13(2)14(3)11-17/h6-7,9-10,13-14,17,20H,4-5,8,11-12H2,1-3H3,(H,19,21). The maximum absolute atomic E-state index is 11.6. The molecule has 0 heterocycles. The van der Waals surface area contributed by atoms with E-state index in [0.29, 0.717) is 19.0 Å². The average Bonchev–Trinajstić information content (AvgIpc) is 2.45. The lowest BCUT2D eigenvalue weighted by atomic mass is 9.79. The van der Waals surface area contributed by atoms with Crippen molar-refractivity contribution in [2.24, 2.45) is 11.8 Å². The first-order valence-electron chi connectivity index (χ1n) is 8.20. The summed E-state index contributed by atoms with van der Waals surface area (Å²) in [6.45, 7) is 7.35. The van der Waals surface area contributed by atoms with Crippen molar-refractivity contribution in [3.8, 4) is 0 Å². The van der Waals surface area contributed by atoms with Gasteiger partial charge in [-0.25, -0.2) is 0 Å². The fourth-order valence-corrected chi connectivity index (χ4v) is 3.08. The topological polar surface area (TPSA) is 41.1 Å². The zero-order chi connectivity index (χ0) is 15.2. The van der Waals surface area contributed by atoms with E-state index in [1.165, 1.54) is 24.9 Å². The van der Waals surface area contributed by atoms with Crippen molar-refractivity contribution in [2.45, 2.75) is 52.5 Å². The number of amides is 1. The second kappa shape index (κ2) is 7.48. The summed E-state index contributed by atoms with van der Waals surface area (Å²) in [7, 11) is 0. The van der Waals surface area contributed by atoms with Crippen molar-refractivity contribution >= 4 is 11.6 Å². The molecule has 0 bridgehead atoms. The van der Waals surface area contributed by atoms with Gasteiger partial charge in [-0.1, -0.05) is 26.0 Å². The van der Waals surface area contributed by atoms with Crippen molar-refractivity contribution in [1.82, 2.24) is 5.32 Å². The Kier molecular flexibility index (Phi) is 5.66. The second-order valence-electron chi connectivity index (χ2n) is 6.44. The molecule has 21 heavy (non-hydrogen) atoms. The molecule has 1 saturated carbocycles. The Balaban J connectivity index is 1.86. The number of hydrogen-bond acceptors (Lipinski definition) is 2. The number of nitrogens with one attached hydrogen (secondary N) is 2. The van der Waals surface area contributed by atoms with Gasteiger partial charge in [-0.05, 0) is 55.7 Å². The van der Waals surface area contributed by atoms with Crippen molar-refractivity contribution < 1.29 is 4.79 Å². The molecule has 3 unspecified atom stereocenters. The molecule has 1 fully saturated rings. The molecule has 2 rings (SSSR count). The summed E-state index contributed by atoms with van der Waals surface area (Å²) >= 11 is 0. The van der Waals surface area contributed by atoms with E-state index in [-0.39, 0.29) is 5.91 Å². The predicted octanol–water partition coefficient (Wildman–Crippen LogP) is 3.60. The predicted molar refractivity (Wildman–Crippen MR) is 88.4 cm³/mol. The van der Waals surface area contributed by atoms with E-state index >= 15 is 0 Å². The highest BCUT2D eigenvalue weighted by Crippen LogP contribution is 2.31. The quantitative estimate of drug-likeness (QED) is 0.869. The smallest absolute Gasteiger partial charge is 0.224 e. The van der Waals surface area contributed by atoms with Crippen molar-refractivity contribution in [3.05, 3.63) is 29.8 Å². The molecule has 1 aromatic carbocycles. The van der Waals surface area contributed by atoms with Crippen LogP contribution in [0.5, 0.6) is 0 Å². The molecule has 1 aliphatic carbocycles. The van der Waals surface area contributed by atoms with Gasteiger partial charge in [0.25, 0.3) is 0 Å². The number of carbonyl (C=O) groups excluding carboxylic acids is 1. The van der Waals surface area contributed by atoms with Crippen LogP contribution in [0.3, 0.4) is 0 Å². The van der Waals surface area contributed by atoms with E-state index in [4.69, 9.17) is 0 Å². The van der Waals surface area contributed by atoms with Crippen LogP contribution >= 0.6 is 0 Å². The molecule has 0 aromatic heterocycles. The van der Waals surface area contributed by atoms with Crippen LogP contribution in [-0.2, 0) is 11.2 Å². The zero-order valence-electron chi connectivity index (χ0n) is 13.5. The van der Waals surface area contributed by atoms with E-state index in [1.807, 2.05) is 19.1 Å². The van der Waals surface area contributed by atoms with Crippen molar-refractivity contribution in [1.29, 1.82) is 0 Å². The highest BCUT2D eigenvalue weighted by Gasteiger charge is 2.24. The Labute approximate surface area is 128 Å². The monoisotopic (exact) mass is 288 g/mol. The van der Waals surface area contributed by atoms with Crippen LogP contribution in [0.1, 0.15) is 45.6 Å². The van der Waals surface area contributed by atoms with Gasteiger partial charge in [0, 0.05) is 18.3 Å². The first-order valence-corrected chi connectivity index (χ1v) is 8.20. The third kappa shape index (κ3) is 4.76. The average molecular weight is 288 g/mol. The maximum Gasteiger partial charge on any atom is 0.224 e. The Bertz CT molecular complexity index is 455. The molecule has 3 nitrogen and oxygen atoms in total. The van der Waals surface area contributed by atoms with E-state index in [9.17, 15) is 4.79 Å². The highest BCUT2D eigenvalue weighted by atomic mass is 16.1. The minimum absolute atomic E-state index is 0.0910. The fraction of sp³-hybridized carbons (Fsp3) is 0.611. The third-order valence-corrected chi connectivity index (χ3v) is 4.66. The molecule has 3 heteroatoms. The van der Waals surface area contributed by atoms with Gasteiger partial charge in [-0.15, -0.1) is 0 Å². The normalized spacial score (nSPS) is 25.4. The van der Waals surface area contributed by atoms with E-state index < -0.39 is 0 Å².